The van der Waals surface area contributed by atoms with Gasteiger partial charge in [0.1, 0.15) is 5.75 Å². The van der Waals surface area contributed by atoms with Gasteiger partial charge in [-0.05, 0) is 42.6 Å². The highest BCUT2D eigenvalue weighted by Crippen LogP contribution is 2.19. The number of rotatable bonds is 7. The molecule has 0 amide bonds. The Hall–Kier alpha value is -1.02. The maximum atomic E-state index is 5.27. The lowest BCUT2D eigenvalue weighted by molar-refractivity contribution is 0.414. The van der Waals surface area contributed by atoms with E-state index in [4.69, 9.17) is 4.74 Å². The molecule has 0 fully saturated rings. The predicted octanol–water partition coefficient (Wildman–Crippen LogP) is 3.15. The lowest BCUT2D eigenvalue weighted by atomic mass is 10.0. The van der Waals surface area contributed by atoms with Crippen molar-refractivity contribution >= 4 is 0 Å². The molecule has 1 aromatic carbocycles. The van der Waals surface area contributed by atoms with Crippen molar-refractivity contribution in [3.63, 3.8) is 0 Å². The third-order valence-electron chi connectivity index (χ3n) is 2.78. The second-order valence-electron chi connectivity index (χ2n) is 4.02. The normalized spacial score (nSPS) is 10.4. The quantitative estimate of drug-likeness (QED) is 0.763. The van der Waals surface area contributed by atoms with Crippen molar-refractivity contribution in [1.82, 2.24) is 5.32 Å². The first kappa shape index (κ1) is 13.0. The fourth-order valence-electron chi connectivity index (χ4n) is 1.76. The molecule has 0 bridgehead atoms. The molecule has 0 spiro atoms. The van der Waals surface area contributed by atoms with E-state index in [2.05, 4.69) is 37.4 Å². The van der Waals surface area contributed by atoms with Crippen molar-refractivity contribution in [2.24, 2.45) is 0 Å². The monoisotopic (exact) mass is 221 g/mol. The van der Waals surface area contributed by atoms with Crippen LogP contribution in [0.15, 0.2) is 18.2 Å². The summed E-state index contributed by atoms with van der Waals surface area (Å²) in [6.45, 7) is 6.30. The molecule has 1 N–H and O–H groups in total. The zero-order valence-corrected chi connectivity index (χ0v) is 10.7. The molecule has 0 aliphatic heterocycles. The van der Waals surface area contributed by atoms with Crippen LogP contribution in [0.2, 0.25) is 0 Å². The smallest absolute Gasteiger partial charge is 0.119 e. The van der Waals surface area contributed by atoms with Gasteiger partial charge in [-0.15, -0.1) is 0 Å². The topological polar surface area (TPSA) is 21.3 Å². The number of benzene rings is 1. The van der Waals surface area contributed by atoms with Gasteiger partial charge in [-0.3, -0.25) is 0 Å². The predicted molar refractivity (Wildman–Crippen MR) is 69.0 cm³/mol. The second kappa shape index (κ2) is 7.29. The molecule has 2 heteroatoms. The zero-order valence-electron chi connectivity index (χ0n) is 10.7. The highest BCUT2D eigenvalue weighted by Gasteiger charge is 2.03. The van der Waals surface area contributed by atoms with Gasteiger partial charge in [0.2, 0.25) is 0 Å². The number of hydrogen-bond acceptors (Lipinski definition) is 2. The fraction of sp³-hybridized carbons (Fsp3) is 0.571. The van der Waals surface area contributed by atoms with Crippen LogP contribution in [-0.2, 0) is 13.0 Å². The van der Waals surface area contributed by atoms with Gasteiger partial charge in [0.25, 0.3) is 0 Å². The molecule has 0 saturated heterocycles. The molecule has 0 unspecified atom stereocenters. The average Bonchev–Trinajstić information content (AvgIpc) is 2.34. The number of unbranched alkanes of at least 4 members (excludes halogenated alkanes) is 1. The van der Waals surface area contributed by atoms with Crippen LogP contribution in [-0.4, -0.2) is 13.7 Å². The molecule has 2 nitrogen and oxygen atoms in total. The SMILES string of the molecule is CCCCc1ccc(OC)cc1CNCC. The van der Waals surface area contributed by atoms with Crippen LogP contribution >= 0.6 is 0 Å². The van der Waals surface area contributed by atoms with E-state index < -0.39 is 0 Å². The Kier molecular flexibility index (Phi) is 5.94. The molecular weight excluding hydrogens is 198 g/mol. The molecule has 1 aromatic rings. The van der Waals surface area contributed by atoms with E-state index in [1.54, 1.807) is 7.11 Å². The Balaban J connectivity index is 2.78. The van der Waals surface area contributed by atoms with Gasteiger partial charge in [-0.1, -0.05) is 26.3 Å². The Morgan fingerprint density at radius 3 is 2.62 bits per heavy atom. The molecule has 1 rings (SSSR count). The summed E-state index contributed by atoms with van der Waals surface area (Å²) in [6.07, 6.45) is 3.67. The summed E-state index contributed by atoms with van der Waals surface area (Å²) in [7, 11) is 1.72. The number of hydrogen-bond donors (Lipinski definition) is 1. The molecule has 0 aromatic heterocycles. The molecule has 0 atom stereocenters. The van der Waals surface area contributed by atoms with E-state index in [1.807, 2.05) is 0 Å². The van der Waals surface area contributed by atoms with Crippen molar-refractivity contribution in [3.8, 4) is 5.75 Å². The van der Waals surface area contributed by atoms with E-state index in [9.17, 15) is 0 Å². The van der Waals surface area contributed by atoms with Crippen molar-refractivity contribution in [1.29, 1.82) is 0 Å². The first-order valence-corrected chi connectivity index (χ1v) is 6.18. The van der Waals surface area contributed by atoms with Crippen LogP contribution in [0.5, 0.6) is 5.75 Å². The molecule has 16 heavy (non-hydrogen) atoms. The lowest BCUT2D eigenvalue weighted by Crippen LogP contribution is -2.13. The standard InChI is InChI=1S/C14H23NO/c1-4-6-7-12-8-9-14(16-3)10-13(12)11-15-5-2/h8-10,15H,4-7,11H2,1-3H3. The Labute approximate surface area is 99.0 Å². The first-order chi connectivity index (χ1) is 7.81. The molecule has 0 heterocycles. The third-order valence-corrected chi connectivity index (χ3v) is 2.78. The number of aryl methyl sites for hydroxylation is 1. The Morgan fingerprint density at radius 1 is 1.19 bits per heavy atom. The highest BCUT2D eigenvalue weighted by molar-refractivity contribution is 5.35. The summed E-state index contributed by atoms with van der Waals surface area (Å²) in [5.41, 5.74) is 2.82. The summed E-state index contributed by atoms with van der Waals surface area (Å²) in [4.78, 5) is 0. The molecule has 90 valence electrons. The minimum atomic E-state index is 0.937. The van der Waals surface area contributed by atoms with Crippen LogP contribution in [0.3, 0.4) is 0 Å². The van der Waals surface area contributed by atoms with Gasteiger partial charge in [0.15, 0.2) is 0 Å². The summed E-state index contributed by atoms with van der Waals surface area (Å²) < 4.78 is 5.27. The van der Waals surface area contributed by atoms with Gasteiger partial charge in [-0.2, -0.15) is 0 Å². The van der Waals surface area contributed by atoms with E-state index in [-0.39, 0.29) is 0 Å². The minimum Gasteiger partial charge on any atom is -0.497 e. The largest absolute Gasteiger partial charge is 0.497 e. The fourth-order valence-corrected chi connectivity index (χ4v) is 1.76. The minimum absolute atomic E-state index is 0.937. The molecular formula is C14H23NO. The number of methoxy groups -OCH3 is 1. The molecule has 0 saturated carbocycles. The van der Waals surface area contributed by atoms with Crippen molar-refractivity contribution in [2.45, 2.75) is 39.7 Å². The summed E-state index contributed by atoms with van der Waals surface area (Å²) in [5, 5.41) is 3.38. The lowest BCUT2D eigenvalue weighted by Gasteiger charge is -2.11. The Bertz CT molecular complexity index is 310. The van der Waals surface area contributed by atoms with Crippen molar-refractivity contribution in [3.05, 3.63) is 29.3 Å². The third kappa shape index (κ3) is 3.86. The summed E-state index contributed by atoms with van der Waals surface area (Å²) >= 11 is 0. The number of ether oxygens (including phenoxy) is 1. The first-order valence-electron chi connectivity index (χ1n) is 6.18. The van der Waals surface area contributed by atoms with Gasteiger partial charge in [0, 0.05) is 6.54 Å². The van der Waals surface area contributed by atoms with Crippen molar-refractivity contribution < 1.29 is 4.74 Å². The van der Waals surface area contributed by atoms with Gasteiger partial charge < -0.3 is 10.1 Å². The van der Waals surface area contributed by atoms with Crippen LogP contribution in [0.4, 0.5) is 0 Å². The molecule has 0 aliphatic carbocycles. The molecule has 0 radical (unpaired) electrons. The van der Waals surface area contributed by atoms with Crippen molar-refractivity contribution in [2.75, 3.05) is 13.7 Å². The van der Waals surface area contributed by atoms with Gasteiger partial charge in [0.05, 0.1) is 7.11 Å². The van der Waals surface area contributed by atoms with Crippen LogP contribution in [0.1, 0.15) is 37.8 Å². The number of nitrogens with one attached hydrogen (secondary N) is 1. The van der Waals surface area contributed by atoms with E-state index in [1.165, 1.54) is 30.4 Å². The van der Waals surface area contributed by atoms with Crippen LogP contribution < -0.4 is 10.1 Å². The average molecular weight is 221 g/mol. The molecule has 0 aliphatic rings. The van der Waals surface area contributed by atoms with E-state index in [0.717, 1.165) is 18.8 Å². The Morgan fingerprint density at radius 2 is 2.00 bits per heavy atom. The van der Waals surface area contributed by atoms with E-state index in [0.29, 0.717) is 0 Å². The summed E-state index contributed by atoms with van der Waals surface area (Å²) in [5.74, 6) is 0.952. The second-order valence-corrected chi connectivity index (χ2v) is 4.02. The maximum Gasteiger partial charge on any atom is 0.119 e. The van der Waals surface area contributed by atoms with Crippen LogP contribution in [0, 0.1) is 0 Å². The van der Waals surface area contributed by atoms with E-state index >= 15 is 0 Å². The van der Waals surface area contributed by atoms with Gasteiger partial charge in [-0.25, -0.2) is 0 Å². The van der Waals surface area contributed by atoms with Gasteiger partial charge >= 0.3 is 0 Å². The zero-order chi connectivity index (χ0) is 11.8. The highest BCUT2D eigenvalue weighted by atomic mass is 16.5. The summed E-state index contributed by atoms with van der Waals surface area (Å²) in [6, 6.07) is 6.40. The van der Waals surface area contributed by atoms with Crippen LogP contribution in [0.25, 0.3) is 0 Å². The maximum absolute atomic E-state index is 5.27.